The molecule has 4 rings (SSSR count). The Labute approximate surface area is 161 Å². The lowest BCUT2D eigenvalue weighted by Crippen LogP contribution is -2.49. The number of fused-ring (bicyclic) bond motifs is 5. The summed E-state index contributed by atoms with van der Waals surface area (Å²) in [6, 6.07) is 0. The van der Waals surface area contributed by atoms with Gasteiger partial charge in [0, 0.05) is 11.8 Å². The Morgan fingerprint density at radius 2 is 2.00 bits per heavy atom. The van der Waals surface area contributed by atoms with Gasteiger partial charge in [-0.05, 0) is 84.5 Å². The third kappa shape index (κ3) is 2.54. The van der Waals surface area contributed by atoms with Gasteiger partial charge < -0.3 is 5.11 Å². The van der Waals surface area contributed by atoms with Gasteiger partial charge in [-0.15, -0.1) is 0 Å². The number of rotatable bonds is 3. The molecule has 3 saturated carbocycles. The van der Waals surface area contributed by atoms with E-state index in [1.54, 1.807) is 6.08 Å². The Morgan fingerprint density at radius 3 is 2.70 bits per heavy atom. The fourth-order valence-corrected chi connectivity index (χ4v) is 7.07. The molecule has 0 aliphatic heterocycles. The third-order valence-electron chi connectivity index (χ3n) is 8.42. The first kappa shape index (κ1) is 18.5. The summed E-state index contributed by atoms with van der Waals surface area (Å²) in [5, 5.41) is 9.18. The summed E-state index contributed by atoms with van der Waals surface area (Å²) < 4.78 is 0. The van der Waals surface area contributed by atoms with Crippen LogP contribution in [0.25, 0.3) is 0 Å². The van der Waals surface area contributed by atoms with Crippen molar-refractivity contribution >= 4 is 11.8 Å². The summed E-state index contributed by atoms with van der Waals surface area (Å²) in [5.41, 5.74) is 3.58. The minimum Gasteiger partial charge on any atom is -0.481 e. The molecule has 1 N–H and O–H groups in total. The summed E-state index contributed by atoms with van der Waals surface area (Å²) in [5.74, 6) is 1.04. The Bertz CT molecular complexity index is 800. The molecule has 0 radical (unpaired) electrons. The number of ketones is 1. The van der Waals surface area contributed by atoms with E-state index in [0.29, 0.717) is 24.2 Å². The normalized spacial score (nSPS) is 43.0. The molecule has 0 aromatic rings. The van der Waals surface area contributed by atoms with Crippen LogP contribution in [0.15, 0.2) is 48.1 Å². The van der Waals surface area contributed by atoms with E-state index in [0.717, 1.165) is 36.8 Å². The molecule has 0 unspecified atom stereocenters. The van der Waals surface area contributed by atoms with Crippen LogP contribution in [0.4, 0.5) is 0 Å². The average Bonchev–Trinajstić information content (AvgIpc) is 2.80. The van der Waals surface area contributed by atoms with Crippen LogP contribution in [-0.2, 0) is 9.59 Å². The van der Waals surface area contributed by atoms with Crippen molar-refractivity contribution < 1.29 is 14.7 Å². The molecule has 3 nitrogen and oxygen atoms in total. The maximum Gasteiger partial charge on any atom is 0.303 e. The van der Waals surface area contributed by atoms with Crippen LogP contribution < -0.4 is 0 Å². The van der Waals surface area contributed by atoms with Crippen molar-refractivity contribution in [2.75, 3.05) is 0 Å². The van der Waals surface area contributed by atoms with Crippen molar-refractivity contribution in [1.29, 1.82) is 0 Å². The van der Waals surface area contributed by atoms with Gasteiger partial charge in [-0.3, -0.25) is 9.59 Å². The van der Waals surface area contributed by atoms with Gasteiger partial charge in [0.15, 0.2) is 5.78 Å². The van der Waals surface area contributed by atoms with E-state index in [1.165, 1.54) is 5.57 Å². The van der Waals surface area contributed by atoms with E-state index < -0.39 is 5.97 Å². The molecule has 0 spiro atoms. The Balaban J connectivity index is 1.68. The SMILES string of the molecule is C=C1C(=C)[C@H]2[C@@H]3CCC4=CC(=O)C=C[C@]4(C)[C@H]3CC[C@]2(C)[C@@H]1CCC(=O)O. The Kier molecular flexibility index (Phi) is 4.14. The second-order valence-corrected chi connectivity index (χ2v) is 9.55. The van der Waals surface area contributed by atoms with Crippen LogP contribution in [-0.4, -0.2) is 16.9 Å². The molecule has 4 aliphatic carbocycles. The van der Waals surface area contributed by atoms with Crippen LogP contribution in [0, 0.1) is 34.5 Å². The number of carboxylic acids is 1. The second-order valence-electron chi connectivity index (χ2n) is 9.55. The number of allylic oxidation sites excluding steroid dienone is 6. The third-order valence-corrected chi connectivity index (χ3v) is 8.42. The molecule has 3 heteroatoms. The summed E-state index contributed by atoms with van der Waals surface area (Å²) in [7, 11) is 0. The highest BCUT2D eigenvalue weighted by atomic mass is 16.4. The van der Waals surface area contributed by atoms with Crippen LogP contribution in [0.5, 0.6) is 0 Å². The fraction of sp³-hybridized carbons (Fsp3) is 0.583. The minimum atomic E-state index is -0.730. The molecule has 6 atom stereocenters. The fourth-order valence-electron chi connectivity index (χ4n) is 7.07. The van der Waals surface area contributed by atoms with Gasteiger partial charge in [0.05, 0.1) is 0 Å². The highest BCUT2D eigenvalue weighted by Gasteiger charge is 2.60. The first-order chi connectivity index (χ1) is 12.7. The highest BCUT2D eigenvalue weighted by molar-refractivity contribution is 6.01. The van der Waals surface area contributed by atoms with Gasteiger partial charge in [0.2, 0.25) is 0 Å². The standard InChI is InChI=1S/C24H30O3/c1-14-15(2)22-18-6-5-16-13-17(25)9-11-23(16,3)20(18)10-12-24(22,4)19(14)7-8-21(26)27/h9,11,13,18-20,22H,1-2,5-8,10,12H2,3-4H3,(H,26,27)/t18-,19-,20+,22+,23+,24-/m1/s1. The predicted octanol–water partition coefficient (Wildman–Crippen LogP) is 5.11. The zero-order valence-electron chi connectivity index (χ0n) is 16.5. The Morgan fingerprint density at radius 1 is 1.26 bits per heavy atom. The lowest BCUT2D eigenvalue weighted by Gasteiger charge is -2.57. The zero-order chi connectivity index (χ0) is 19.6. The molecule has 27 heavy (non-hydrogen) atoms. The smallest absolute Gasteiger partial charge is 0.303 e. The van der Waals surface area contributed by atoms with Crippen molar-refractivity contribution in [2.24, 2.45) is 34.5 Å². The monoisotopic (exact) mass is 366 g/mol. The zero-order valence-corrected chi connectivity index (χ0v) is 16.5. The number of carboxylic acid groups (broad SMARTS) is 1. The summed E-state index contributed by atoms with van der Waals surface area (Å²) in [4.78, 5) is 23.1. The van der Waals surface area contributed by atoms with Crippen molar-refractivity contribution in [3.8, 4) is 0 Å². The van der Waals surface area contributed by atoms with Gasteiger partial charge >= 0.3 is 5.97 Å². The molecular formula is C24H30O3. The topological polar surface area (TPSA) is 54.4 Å². The summed E-state index contributed by atoms with van der Waals surface area (Å²) >= 11 is 0. The molecule has 3 fully saturated rings. The van der Waals surface area contributed by atoms with E-state index in [2.05, 4.69) is 33.1 Å². The van der Waals surface area contributed by atoms with Crippen LogP contribution in [0.2, 0.25) is 0 Å². The maximum atomic E-state index is 11.9. The second kappa shape index (κ2) is 6.05. The average molecular weight is 367 g/mol. The number of carbonyl (C=O) groups excluding carboxylic acids is 1. The quantitative estimate of drug-likeness (QED) is 0.755. The molecule has 0 aromatic carbocycles. The lowest BCUT2D eigenvalue weighted by molar-refractivity contribution is -0.137. The van der Waals surface area contributed by atoms with Crippen LogP contribution in [0.3, 0.4) is 0 Å². The van der Waals surface area contributed by atoms with Crippen molar-refractivity contribution in [3.63, 3.8) is 0 Å². The molecular weight excluding hydrogens is 336 g/mol. The molecule has 0 bridgehead atoms. The molecule has 0 aromatic heterocycles. The molecule has 0 amide bonds. The highest BCUT2D eigenvalue weighted by Crippen LogP contribution is 2.68. The van der Waals surface area contributed by atoms with Gasteiger partial charge in [0.25, 0.3) is 0 Å². The van der Waals surface area contributed by atoms with E-state index >= 15 is 0 Å². The minimum absolute atomic E-state index is 0.0288. The summed E-state index contributed by atoms with van der Waals surface area (Å²) in [6.45, 7) is 13.4. The van der Waals surface area contributed by atoms with Crippen LogP contribution >= 0.6 is 0 Å². The van der Waals surface area contributed by atoms with Crippen LogP contribution in [0.1, 0.15) is 52.4 Å². The molecule has 0 heterocycles. The van der Waals surface area contributed by atoms with Crippen molar-refractivity contribution in [1.82, 2.24) is 0 Å². The summed E-state index contributed by atoms with van der Waals surface area (Å²) in [6.07, 6.45) is 10.9. The predicted molar refractivity (Wildman–Crippen MR) is 106 cm³/mol. The maximum absolute atomic E-state index is 11.9. The van der Waals surface area contributed by atoms with Gasteiger partial charge in [0.1, 0.15) is 0 Å². The van der Waals surface area contributed by atoms with E-state index in [1.807, 2.05) is 6.08 Å². The first-order valence-electron chi connectivity index (χ1n) is 10.2. The van der Waals surface area contributed by atoms with Crippen molar-refractivity contribution in [2.45, 2.75) is 52.4 Å². The van der Waals surface area contributed by atoms with Gasteiger partial charge in [-0.1, -0.05) is 38.7 Å². The molecule has 0 saturated heterocycles. The number of aliphatic carboxylic acids is 1. The van der Waals surface area contributed by atoms with E-state index in [9.17, 15) is 14.7 Å². The molecule has 4 aliphatic rings. The van der Waals surface area contributed by atoms with Gasteiger partial charge in [-0.25, -0.2) is 0 Å². The van der Waals surface area contributed by atoms with Crippen molar-refractivity contribution in [3.05, 3.63) is 48.1 Å². The largest absolute Gasteiger partial charge is 0.481 e. The van der Waals surface area contributed by atoms with E-state index in [4.69, 9.17) is 0 Å². The lowest BCUT2D eigenvalue weighted by atomic mass is 9.47. The number of hydrogen-bond donors (Lipinski definition) is 1. The van der Waals surface area contributed by atoms with Gasteiger partial charge in [-0.2, -0.15) is 0 Å². The number of carbonyl (C=O) groups is 2. The first-order valence-corrected chi connectivity index (χ1v) is 10.2. The molecule has 144 valence electrons. The number of hydrogen-bond acceptors (Lipinski definition) is 2. The van der Waals surface area contributed by atoms with E-state index in [-0.39, 0.29) is 29.0 Å². The Hall–Kier alpha value is -1.90.